The molecule has 0 saturated carbocycles. The Hall–Kier alpha value is -0.630. The predicted molar refractivity (Wildman–Crippen MR) is 89.8 cm³/mol. The highest BCUT2D eigenvalue weighted by atomic mass is 32.2. The van der Waals surface area contributed by atoms with Gasteiger partial charge in [-0.3, -0.25) is 0 Å². The van der Waals surface area contributed by atoms with Gasteiger partial charge in [0.25, 0.3) is 0 Å². The van der Waals surface area contributed by atoms with Gasteiger partial charge in [-0.1, -0.05) is 25.2 Å². The van der Waals surface area contributed by atoms with Crippen LogP contribution in [0.25, 0.3) is 0 Å². The van der Waals surface area contributed by atoms with E-state index in [0.717, 1.165) is 11.5 Å². The zero-order valence-electron chi connectivity index (χ0n) is 11.8. The second-order valence-corrected chi connectivity index (χ2v) is 7.97. The summed E-state index contributed by atoms with van der Waals surface area (Å²) >= 11 is 6.59. The van der Waals surface area contributed by atoms with Gasteiger partial charge in [-0.2, -0.15) is 11.8 Å². The lowest BCUT2D eigenvalue weighted by Crippen LogP contribution is -2.34. The molecule has 1 aromatic rings. The summed E-state index contributed by atoms with van der Waals surface area (Å²) in [5.41, 5.74) is 6.85. The van der Waals surface area contributed by atoms with Crippen LogP contribution in [0.2, 0.25) is 0 Å². The smallest absolute Gasteiger partial charge is 0.241 e. The lowest BCUT2D eigenvalue weighted by atomic mass is 10.1. The maximum Gasteiger partial charge on any atom is 0.241 e. The second-order valence-electron chi connectivity index (χ2n) is 4.53. The van der Waals surface area contributed by atoms with Crippen molar-refractivity contribution in [1.82, 2.24) is 4.72 Å². The van der Waals surface area contributed by atoms with E-state index >= 15 is 0 Å². The molecule has 0 radical (unpaired) electrons. The van der Waals surface area contributed by atoms with E-state index in [2.05, 4.69) is 4.72 Å². The molecule has 4 nitrogen and oxygen atoms in total. The van der Waals surface area contributed by atoms with Crippen LogP contribution >= 0.6 is 24.0 Å². The molecule has 0 bridgehead atoms. The highest BCUT2D eigenvalue weighted by Gasteiger charge is 2.19. The summed E-state index contributed by atoms with van der Waals surface area (Å²) in [5, 5.41) is 0. The zero-order valence-corrected chi connectivity index (χ0v) is 14.3. The Labute approximate surface area is 130 Å². The second kappa shape index (κ2) is 7.40. The number of thiocarbonyl (C=S) groups is 1. The van der Waals surface area contributed by atoms with Gasteiger partial charge in [0.05, 0.1) is 4.90 Å². The van der Waals surface area contributed by atoms with Crippen molar-refractivity contribution in [2.24, 2.45) is 5.73 Å². The Kier molecular flexibility index (Phi) is 6.44. The molecule has 0 aromatic heterocycles. The third kappa shape index (κ3) is 4.73. The first-order chi connectivity index (χ1) is 9.27. The van der Waals surface area contributed by atoms with Gasteiger partial charge in [-0.15, -0.1) is 0 Å². The molecule has 0 spiro atoms. The van der Waals surface area contributed by atoms with Crippen LogP contribution in [0.5, 0.6) is 0 Å². The van der Waals surface area contributed by atoms with Crippen LogP contribution in [0, 0.1) is 6.92 Å². The fourth-order valence-corrected chi connectivity index (χ4v) is 4.14. The number of nitrogens with two attached hydrogens (primary N) is 1. The van der Waals surface area contributed by atoms with Gasteiger partial charge in [0, 0.05) is 17.4 Å². The van der Waals surface area contributed by atoms with E-state index in [0.29, 0.717) is 11.1 Å². The van der Waals surface area contributed by atoms with Crippen molar-refractivity contribution in [3.05, 3.63) is 29.3 Å². The molecule has 0 aliphatic carbocycles. The molecule has 0 amide bonds. The van der Waals surface area contributed by atoms with Crippen LogP contribution in [-0.4, -0.2) is 31.0 Å². The first-order valence-electron chi connectivity index (χ1n) is 6.28. The van der Waals surface area contributed by atoms with Gasteiger partial charge < -0.3 is 5.73 Å². The van der Waals surface area contributed by atoms with Crippen molar-refractivity contribution < 1.29 is 8.42 Å². The third-order valence-corrected chi connectivity index (χ3v) is 5.81. The monoisotopic (exact) mass is 332 g/mol. The molecule has 0 heterocycles. The van der Waals surface area contributed by atoms with Gasteiger partial charge in [0.1, 0.15) is 4.99 Å². The predicted octanol–water partition coefficient (Wildman–Crippen LogP) is 2.05. The Morgan fingerprint density at radius 2 is 2.15 bits per heavy atom. The molecular weight excluding hydrogens is 312 g/mol. The van der Waals surface area contributed by atoms with E-state index in [4.69, 9.17) is 18.0 Å². The molecule has 1 rings (SSSR count). The van der Waals surface area contributed by atoms with Crippen LogP contribution in [0.3, 0.4) is 0 Å². The standard InChI is InChI=1S/C13H20N2O2S3/c1-4-19-8-10(3)15-20(16,17)12-6-5-11(13(14)18)7-9(12)2/h5-7,10,15H,4,8H2,1-3H3,(H2,14,18). The minimum atomic E-state index is -3.51. The molecule has 7 heteroatoms. The number of sulfonamides is 1. The Morgan fingerprint density at radius 3 is 2.65 bits per heavy atom. The number of nitrogens with one attached hydrogen (secondary N) is 1. The minimum Gasteiger partial charge on any atom is -0.389 e. The van der Waals surface area contributed by atoms with E-state index in [1.165, 1.54) is 0 Å². The van der Waals surface area contributed by atoms with Gasteiger partial charge in [-0.25, -0.2) is 13.1 Å². The molecule has 20 heavy (non-hydrogen) atoms. The van der Waals surface area contributed by atoms with Crippen molar-refractivity contribution in [2.45, 2.75) is 31.7 Å². The van der Waals surface area contributed by atoms with E-state index < -0.39 is 10.0 Å². The molecule has 0 aliphatic rings. The SMILES string of the molecule is CCSCC(C)NS(=O)(=O)c1ccc(C(N)=S)cc1C. The number of hydrogen-bond donors (Lipinski definition) is 2. The van der Waals surface area contributed by atoms with Gasteiger partial charge in [-0.05, 0) is 37.3 Å². The molecule has 0 saturated heterocycles. The first kappa shape index (κ1) is 17.4. The van der Waals surface area contributed by atoms with Gasteiger partial charge >= 0.3 is 0 Å². The van der Waals surface area contributed by atoms with E-state index in [-0.39, 0.29) is 15.9 Å². The highest BCUT2D eigenvalue weighted by Crippen LogP contribution is 2.17. The summed E-state index contributed by atoms with van der Waals surface area (Å²) < 4.78 is 27.3. The number of benzene rings is 1. The molecule has 1 atom stereocenters. The van der Waals surface area contributed by atoms with Crippen molar-refractivity contribution in [2.75, 3.05) is 11.5 Å². The fourth-order valence-electron chi connectivity index (χ4n) is 1.76. The van der Waals surface area contributed by atoms with Crippen LogP contribution in [0.15, 0.2) is 23.1 Å². The lowest BCUT2D eigenvalue weighted by Gasteiger charge is -2.15. The van der Waals surface area contributed by atoms with Gasteiger partial charge in [0.2, 0.25) is 10.0 Å². The molecular formula is C13H20N2O2S3. The summed E-state index contributed by atoms with van der Waals surface area (Å²) in [5.74, 6) is 1.72. The Balaban J connectivity index is 2.95. The van der Waals surface area contributed by atoms with E-state index in [9.17, 15) is 8.42 Å². The number of aryl methyl sites for hydroxylation is 1. The average Bonchev–Trinajstić information content (AvgIpc) is 2.35. The summed E-state index contributed by atoms with van der Waals surface area (Å²) in [6, 6.07) is 4.77. The largest absolute Gasteiger partial charge is 0.389 e. The molecule has 0 fully saturated rings. The third-order valence-electron chi connectivity index (χ3n) is 2.68. The quantitative estimate of drug-likeness (QED) is 0.748. The van der Waals surface area contributed by atoms with Crippen molar-refractivity contribution in [3.8, 4) is 0 Å². The topological polar surface area (TPSA) is 72.2 Å². The average molecular weight is 333 g/mol. The van der Waals surface area contributed by atoms with Crippen LogP contribution in [-0.2, 0) is 10.0 Å². The molecule has 1 unspecified atom stereocenters. The molecule has 1 aromatic carbocycles. The molecule has 3 N–H and O–H groups in total. The summed E-state index contributed by atoms with van der Waals surface area (Å²) in [4.78, 5) is 0.531. The number of hydrogen-bond acceptors (Lipinski definition) is 4. The fraction of sp³-hybridized carbons (Fsp3) is 0.462. The maximum absolute atomic E-state index is 12.3. The zero-order chi connectivity index (χ0) is 15.3. The maximum atomic E-state index is 12.3. The summed E-state index contributed by atoms with van der Waals surface area (Å²) in [6.45, 7) is 5.64. The highest BCUT2D eigenvalue weighted by molar-refractivity contribution is 7.99. The number of rotatable bonds is 7. The first-order valence-corrected chi connectivity index (χ1v) is 9.33. The van der Waals surface area contributed by atoms with Crippen LogP contribution in [0.4, 0.5) is 0 Å². The number of thioether (sulfide) groups is 1. The van der Waals surface area contributed by atoms with E-state index in [1.54, 1.807) is 36.9 Å². The van der Waals surface area contributed by atoms with Crippen molar-refractivity contribution >= 4 is 39.0 Å². The van der Waals surface area contributed by atoms with Crippen molar-refractivity contribution in [1.29, 1.82) is 0 Å². The van der Waals surface area contributed by atoms with Crippen molar-refractivity contribution in [3.63, 3.8) is 0 Å². The Bertz CT molecular complexity index is 585. The normalized spacial score (nSPS) is 13.2. The minimum absolute atomic E-state index is 0.111. The Morgan fingerprint density at radius 1 is 1.50 bits per heavy atom. The van der Waals surface area contributed by atoms with E-state index in [1.807, 2.05) is 13.8 Å². The van der Waals surface area contributed by atoms with Crippen LogP contribution < -0.4 is 10.5 Å². The summed E-state index contributed by atoms with van der Waals surface area (Å²) in [7, 11) is -3.51. The lowest BCUT2D eigenvalue weighted by molar-refractivity contribution is 0.570. The van der Waals surface area contributed by atoms with Crippen LogP contribution in [0.1, 0.15) is 25.0 Å². The molecule has 0 aliphatic heterocycles. The van der Waals surface area contributed by atoms with Gasteiger partial charge in [0.15, 0.2) is 0 Å². The summed E-state index contributed by atoms with van der Waals surface area (Å²) in [6.07, 6.45) is 0. The molecule has 112 valence electrons.